The Hall–Kier alpha value is -0.380. The van der Waals surface area contributed by atoms with Gasteiger partial charge in [0.2, 0.25) is 0 Å². The highest BCUT2D eigenvalue weighted by Crippen LogP contribution is 2.81. The molecule has 0 radical (unpaired) electrons. The van der Waals surface area contributed by atoms with E-state index in [1.165, 1.54) is 37.7 Å². The third-order valence-electron chi connectivity index (χ3n) is 7.06. The number of fused-ring (bicyclic) bond motifs is 1. The fraction of sp³-hybridized carbons (Fsp3) is 0.647. The van der Waals surface area contributed by atoms with E-state index >= 15 is 0 Å². The average Bonchev–Trinajstić information content (AvgIpc) is 3.01. The van der Waals surface area contributed by atoms with E-state index in [2.05, 4.69) is 40.2 Å². The van der Waals surface area contributed by atoms with E-state index in [-0.39, 0.29) is 0 Å². The van der Waals surface area contributed by atoms with Crippen molar-refractivity contribution in [1.29, 1.82) is 0 Å². The van der Waals surface area contributed by atoms with Crippen LogP contribution < -0.4 is 5.01 Å². The van der Waals surface area contributed by atoms with Gasteiger partial charge < -0.3 is 10.9 Å². The summed E-state index contributed by atoms with van der Waals surface area (Å²) in [5.41, 5.74) is 2.23. The maximum absolute atomic E-state index is 8.77. The Bertz CT molecular complexity index is 588. The molecule has 2 bridgehead atoms. The Balaban J connectivity index is 1.41. The van der Waals surface area contributed by atoms with Gasteiger partial charge in [-0.15, -0.1) is 0 Å². The van der Waals surface area contributed by atoms with Gasteiger partial charge in [0.1, 0.15) is 0 Å². The first-order valence-electron chi connectivity index (χ1n) is 7.95. The fourth-order valence-electron chi connectivity index (χ4n) is 6.33. The lowest BCUT2D eigenvalue weighted by molar-refractivity contribution is -0.909. The molecule has 1 aromatic carbocycles. The summed E-state index contributed by atoms with van der Waals surface area (Å²) in [5.74, 6) is 11.8. The molecule has 0 aromatic heterocycles. The van der Waals surface area contributed by atoms with Crippen molar-refractivity contribution in [3.05, 3.63) is 40.1 Å². The molecule has 0 saturated heterocycles. The summed E-state index contributed by atoms with van der Waals surface area (Å²) in [7, 11) is 0. The minimum Gasteiger partial charge on any atom is -0.469 e. The fourth-order valence-corrected chi connectivity index (χ4v) is 6.78. The predicted molar refractivity (Wildman–Crippen MR) is 81.8 cm³/mol. The zero-order chi connectivity index (χ0) is 13.5. The van der Waals surface area contributed by atoms with Crippen LogP contribution in [0.4, 0.5) is 0 Å². The van der Waals surface area contributed by atoms with Crippen molar-refractivity contribution in [3.8, 4) is 0 Å². The molecule has 0 heterocycles. The van der Waals surface area contributed by atoms with Crippen molar-refractivity contribution in [2.24, 2.45) is 23.2 Å². The molecule has 2 nitrogen and oxygen atoms in total. The van der Waals surface area contributed by atoms with Gasteiger partial charge in [-0.25, -0.2) is 0 Å². The number of benzene rings is 1. The second-order valence-corrected chi connectivity index (χ2v) is 8.73. The van der Waals surface area contributed by atoms with Crippen LogP contribution in [0.5, 0.6) is 0 Å². The lowest BCUT2D eigenvalue weighted by Gasteiger charge is -2.48. The molecule has 0 aliphatic heterocycles. The van der Waals surface area contributed by atoms with Crippen LogP contribution in [0.1, 0.15) is 37.7 Å². The Morgan fingerprint density at radius 1 is 1.30 bits per heavy atom. The van der Waals surface area contributed by atoms with E-state index in [0.717, 1.165) is 33.8 Å². The Morgan fingerprint density at radius 2 is 2.20 bits per heavy atom. The molecule has 1 aromatic rings. The third kappa shape index (κ3) is 1.32. The van der Waals surface area contributed by atoms with Crippen molar-refractivity contribution in [1.82, 2.24) is 0 Å². The van der Waals surface area contributed by atoms with E-state index < -0.39 is 0 Å². The highest BCUT2D eigenvalue weighted by Gasteiger charge is 2.84. The molecule has 6 unspecified atom stereocenters. The van der Waals surface area contributed by atoms with Crippen LogP contribution in [0.2, 0.25) is 0 Å². The number of nitrogens with one attached hydrogen (secondary N) is 2. The Labute approximate surface area is 128 Å². The SMILES string of the molecule is [NH-][NH+](Cc1cccc(Br)c1)C12CC3CC4CC1(C2)C4C3. The van der Waals surface area contributed by atoms with Gasteiger partial charge >= 0.3 is 0 Å². The van der Waals surface area contributed by atoms with Gasteiger partial charge in [0.05, 0.1) is 12.1 Å². The van der Waals surface area contributed by atoms with E-state index in [4.69, 9.17) is 5.84 Å². The summed E-state index contributed by atoms with van der Waals surface area (Å²) in [5, 5.41) is 1.05. The van der Waals surface area contributed by atoms with Gasteiger partial charge in [-0.2, -0.15) is 0 Å². The Morgan fingerprint density at radius 3 is 3.05 bits per heavy atom. The van der Waals surface area contributed by atoms with Gasteiger partial charge in [0, 0.05) is 28.3 Å². The van der Waals surface area contributed by atoms with Crippen LogP contribution in [0.25, 0.3) is 5.84 Å². The van der Waals surface area contributed by atoms with E-state index in [1.807, 2.05) is 0 Å². The van der Waals surface area contributed by atoms with Crippen LogP contribution in [-0.4, -0.2) is 5.54 Å². The zero-order valence-corrected chi connectivity index (χ0v) is 13.2. The van der Waals surface area contributed by atoms with Crippen LogP contribution in [0.3, 0.4) is 0 Å². The predicted octanol–water partition coefficient (Wildman–Crippen LogP) is 3.38. The average molecular weight is 333 g/mol. The van der Waals surface area contributed by atoms with Crippen LogP contribution in [0.15, 0.2) is 28.7 Å². The molecule has 0 amide bonds. The summed E-state index contributed by atoms with van der Waals surface area (Å²) in [6, 6.07) is 8.52. The van der Waals surface area contributed by atoms with Crippen LogP contribution >= 0.6 is 15.9 Å². The van der Waals surface area contributed by atoms with E-state index in [1.54, 1.807) is 0 Å². The van der Waals surface area contributed by atoms with Gasteiger partial charge in [-0.05, 0) is 49.1 Å². The number of quaternary nitrogens is 1. The number of halogens is 1. The standard InChI is InChI=1S/C17H21BrN2/c18-14-3-1-2-11(5-14)9-20(19)17-7-12-4-13-8-16(17,10-17)15(13)6-12/h1-3,5,12-13,15,19-20H,4,6-10H2. The zero-order valence-electron chi connectivity index (χ0n) is 11.7. The first-order chi connectivity index (χ1) is 9.63. The topological polar surface area (TPSA) is 28.2 Å². The molecule has 4 aliphatic rings. The molecule has 106 valence electrons. The van der Waals surface area contributed by atoms with Gasteiger partial charge in [0.15, 0.2) is 0 Å². The van der Waals surface area contributed by atoms with Gasteiger partial charge in [-0.3, -0.25) is 0 Å². The highest BCUT2D eigenvalue weighted by molar-refractivity contribution is 9.10. The summed E-state index contributed by atoms with van der Waals surface area (Å²) >= 11 is 3.55. The van der Waals surface area contributed by atoms with Crippen molar-refractivity contribution in [2.75, 3.05) is 0 Å². The van der Waals surface area contributed by atoms with Crippen molar-refractivity contribution >= 4 is 15.9 Å². The summed E-state index contributed by atoms with van der Waals surface area (Å²) in [6.45, 7) is 0.866. The molecule has 5 rings (SSSR count). The maximum atomic E-state index is 8.77. The van der Waals surface area contributed by atoms with E-state index in [0.29, 0.717) is 11.0 Å². The monoisotopic (exact) mass is 332 g/mol. The molecule has 3 heteroatoms. The normalized spacial score (nSPS) is 48.4. The molecule has 1 spiro atoms. The van der Waals surface area contributed by atoms with Gasteiger partial charge in [-0.1, -0.05) is 28.1 Å². The maximum Gasteiger partial charge on any atom is 0.0963 e. The molecular weight excluding hydrogens is 312 g/mol. The lowest BCUT2D eigenvalue weighted by Crippen LogP contribution is -3.11. The third-order valence-corrected chi connectivity index (χ3v) is 7.55. The number of hydrogen-bond acceptors (Lipinski definition) is 0. The van der Waals surface area contributed by atoms with Crippen molar-refractivity contribution in [3.63, 3.8) is 0 Å². The summed E-state index contributed by atoms with van der Waals surface area (Å²) in [4.78, 5) is 0. The minimum absolute atomic E-state index is 0.329. The second-order valence-electron chi connectivity index (χ2n) is 7.81. The molecule has 20 heavy (non-hydrogen) atoms. The van der Waals surface area contributed by atoms with E-state index in [9.17, 15) is 0 Å². The summed E-state index contributed by atoms with van der Waals surface area (Å²) in [6.07, 6.45) is 7.13. The van der Waals surface area contributed by atoms with Crippen LogP contribution in [0, 0.1) is 23.2 Å². The molecule has 6 atom stereocenters. The largest absolute Gasteiger partial charge is 0.469 e. The van der Waals surface area contributed by atoms with Crippen molar-refractivity contribution in [2.45, 2.75) is 44.2 Å². The smallest absolute Gasteiger partial charge is 0.0963 e. The highest BCUT2D eigenvalue weighted by atomic mass is 79.9. The summed E-state index contributed by atoms with van der Waals surface area (Å²) < 4.78 is 1.14. The second kappa shape index (κ2) is 3.68. The first-order valence-corrected chi connectivity index (χ1v) is 8.75. The number of hydrogen-bond donors (Lipinski definition) is 1. The van der Waals surface area contributed by atoms with Crippen molar-refractivity contribution < 1.29 is 5.01 Å². The Kier molecular flexibility index (Phi) is 2.25. The molecule has 4 saturated carbocycles. The number of rotatable bonds is 3. The minimum atomic E-state index is 0.329. The quantitative estimate of drug-likeness (QED) is 0.822. The molecule has 2 N–H and O–H groups in total. The molecule has 4 aliphatic carbocycles. The molecule has 4 fully saturated rings. The molecular formula is C17H21BrN2. The van der Waals surface area contributed by atoms with Crippen LogP contribution in [-0.2, 0) is 6.54 Å². The van der Waals surface area contributed by atoms with Gasteiger partial charge in [0.25, 0.3) is 0 Å². The first kappa shape index (κ1) is 12.2. The lowest BCUT2D eigenvalue weighted by atomic mass is 9.60.